The van der Waals surface area contributed by atoms with Gasteiger partial charge in [0.1, 0.15) is 0 Å². The van der Waals surface area contributed by atoms with E-state index in [9.17, 15) is 0 Å². The number of alkyl halides is 3. The normalized spacial score (nSPS) is 18.0. The van der Waals surface area contributed by atoms with Crippen LogP contribution in [-0.4, -0.2) is 12.3 Å². The van der Waals surface area contributed by atoms with Gasteiger partial charge >= 0.3 is 0 Å². The molecule has 0 bridgehead atoms. The average Bonchev–Trinajstić information content (AvgIpc) is 1.84. The van der Waals surface area contributed by atoms with Crippen LogP contribution in [0.4, 0.5) is 0 Å². The number of rotatable bonds is 3. The lowest BCUT2D eigenvalue weighted by molar-refractivity contribution is 0.869. The highest BCUT2D eigenvalue weighted by Gasteiger charge is 2.10. The Morgan fingerprint density at radius 3 is 1.88 bits per heavy atom. The number of hydrogen-bond donors (Lipinski definition) is 0. The summed E-state index contributed by atoms with van der Waals surface area (Å²) in [5.74, 6) is 0. The molecule has 0 aliphatic heterocycles. The summed E-state index contributed by atoms with van der Waals surface area (Å²) in [6.45, 7) is 2.25. The van der Waals surface area contributed by atoms with Crippen molar-refractivity contribution in [2.75, 3.05) is 4.43 Å². The Kier molecular flexibility index (Phi) is 7.56. The van der Waals surface area contributed by atoms with Gasteiger partial charge in [0, 0.05) is 12.3 Å². The van der Waals surface area contributed by atoms with Gasteiger partial charge in [-0.1, -0.05) is 74.7 Å². The fourth-order valence-corrected chi connectivity index (χ4v) is 2.70. The van der Waals surface area contributed by atoms with E-state index in [2.05, 4.69) is 74.7 Å². The molecule has 0 aromatic rings. The Hall–Kier alpha value is 2.19. The number of halogens is 3. The van der Waals surface area contributed by atoms with Crippen LogP contribution >= 0.6 is 67.8 Å². The molecule has 0 aromatic heterocycles. The molecule has 0 fully saturated rings. The van der Waals surface area contributed by atoms with Crippen molar-refractivity contribution in [3.63, 3.8) is 0 Å². The maximum Gasteiger partial charge on any atom is 0.0317 e. The molecule has 0 aliphatic rings. The first-order valence-corrected chi connectivity index (χ1v) is 6.58. The molecule has 0 nitrogen and oxygen atoms in total. The van der Waals surface area contributed by atoms with Crippen LogP contribution < -0.4 is 0 Å². The van der Waals surface area contributed by atoms with Gasteiger partial charge in [-0.25, -0.2) is 0 Å². The van der Waals surface area contributed by atoms with E-state index in [0.717, 1.165) is 7.85 Å². The van der Waals surface area contributed by atoms with Crippen LogP contribution in [0.5, 0.6) is 0 Å². The van der Waals surface area contributed by atoms with E-state index >= 15 is 0 Å². The summed E-state index contributed by atoms with van der Waals surface area (Å²) in [6, 6.07) is 0. The zero-order valence-corrected chi connectivity index (χ0v) is 11.2. The minimum absolute atomic E-state index is 0.860. The molecule has 0 radical (unpaired) electrons. The van der Waals surface area contributed by atoms with Gasteiger partial charge in [-0.2, -0.15) is 0 Å². The van der Waals surface area contributed by atoms with Crippen molar-refractivity contribution in [1.29, 1.82) is 0 Å². The third-order valence-corrected chi connectivity index (χ3v) is 8.00. The van der Waals surface area contributed by atoms with E-state index in [1.165, 1.54) is 10.8 Å². The van der Waals surface area contributed by atoms with Crippen molar-refractivity contribution >= 4 is 67.8 Å². The van der Waals surface area contributed by atoms with Gasteiger partial charge in [-0.05, 0) is 6.42 Å². The second-order valence-electron chi connectivity index (χ2n) is 1.59. The molecule has 0 rings (SSSR count). The summed E-state index contributed by atoms with van der Waals surface area (Å²) in [6.07, 6.45) is 1.30. The molecule has 50 valence electrons. The van der Waals surface area contributed by atoms with E-state index in [4.69, 9.17) is 0 Å². The lowest BCUT2D eigenvalue weighted by Gasteiger charge is -2.10. The molecule has 0 N–H and O–H groups in total. The number of hydrogen-bond acceptors (Lipinski definition) is 0. The van der Waals surface area contributed by atoms with E-state index in [1.807, 2.05) is 0 Å². The van der Waals surface area contributed by atoms with Crippen LogP contribution in [0.2, 0.25) is 0 Å². The van der Waals surface area contributed by atoms with E-state index in [-0.39, 0.29) is 0 Å². The quantitative estimate of drug-likeness (QED) is 0.457. The minimum atomic E-state index is 0.860. The second kappa shape index (κ2) is 5.94. The Balaban J connectivity index is 3.29. The molecule has 2 unspecified atom stereocenters. The highest BCUT2D eigenvalue weighted by atomic mass is 127. The first-order chi connectivity index (χ1) is 3.72. The zero-order chi connectivity index (χ0) is 6.57. The standard InChI is InChI=1S/C5H9I3/c1-2-4(7)5(8)3-6/h4-5H,2-3H2,1H3. The van der Waals surface area contributed by atoms with Crippen molar-refractivity contribution in [2.24, 2.45) is 0 Å². The third kappa shape index (κ3) is 4.08. The topological polar surface area (TPSA) is 0 Å². The van der Waals surface area contributed by atoms with E-state index < -0.39 is 0 Å². The summed E-state index contributed by atoms with van der Waals surface area (Å²) < 4.78 is 3.00. The van der Waals surface area contributed by atoms with Gasteiger partial charge < -0.3 is 0 Å². The molecule has 0 saturated heterocycles. The highest BCUT2D eigenvalue weighted by molar-refractivity contribution is 14.1. The summed E-state index contributed by atoms with van der Waals surface area (Å²) in [4.78, 5) is 0. The molecule has 0 heterocycles. The van der Waals surface area contributed by atoms with Gasteiger partial charge in [-0.15, -0.1) is 0 Å². The van der Waals surface area contributed by atoms with Gasteiger partial charge in [-0.3, -0.25) is 0 Å². The van der Waals surface area contributed by atoms with Crippen LogP contribution in [0.3, 0.4) is 0 Å². The molecule has 0 spiro atoms. The zero-order valence-electron chi connectivity index (χ0n) is 4.70. The monoisotopic (exact) mass is 450 g/mol. The molecule has 0 aromatic carbocycles. The Bertz CT molecular complexity index is 47.6. The Labute approximate surface area is 92.0 Å². The molecule has 0 aliphatic carbocycles. The van der Waals surface area contributed by atoms with Crippen molar-refractivity contribution < 1.29 is 0 Å². The van der Waals surface area contributed by atoms with Gasteiger partial charge in [0.15, 0.2) is 0 Å². The van der Waals surface area contributed by atoms with Crippen molar-refractivity contribution in [1.82, 2.24) is 0 Å². The maximum atomic E-state index is 2.52. The first-order valence-electron chi connectivity index (χ1n) is 2.56. The van der Waals surface area contributed by atoms with Crippen molar-refractivity contribution in [3.05, 3.63) is 0 Å². The van der Waals surface area contributed by atoms with Crippen molar-refractivity contribution in [3.8, 4) is 0 Å². The van der Waals surface area contributed by atoms with Gasteiger partial charge in [0.2, 0.25) is 0 Å². The first kappa shape index (κ1) is 10.2. The second-order valence-corrected chi connectivity index (χ2v) is 5.68. The SMILES string of the molecule is CCC(I)C(I)CI. The van der Waals surface area contributed by atoms with Crippen LogP contribution in [0.1, 0.15) is 13.3 Å². The highest BCUT2D eigenvalue weighted by Crippen LogP contribution is 2.19. The summed E-state index contributed by atoms with van der Waals surface area (Å²) in [5.41, 5.74) is 0. The lowest BCUT2D eigenvalue weighted by Crippen LogP contribution is -2.12. The third-order valence-electron chi connectivity index (χ3n) is 0.930. The molecular formula is C5H9I3. The average molecular weight is 450 g/mol. The molecule has 0 saturated carbocycles. The molecule has 2 atom stereocenters. The predicted octanol–water partition coefficient (Wildman–Crippen LogP) is 3.44. The lowest BCUT2D eigenvalue weighted by atomic mass is 10.3. The van der Waals surface area contributed by atoms with Gasteiger partial charge in [0.05, 0.1) is 0 Å². The minimum Gasteiger partial charge on any atom is -0.0852 e. The maximum absolute atomic E-state index is 2.52. The van der Waals surface area contributed by atoms with Crippen LogP contribution in [0.15, 0.2) is 0 Å². The van der Waals surface area contributed by atoms with Crippen LogP contribution in [0.25, 0.3) is 0 Å². The van der Waals surface area contributed by atoms with Gasteiger partial charge in [0.25, 0.3) is 0 Å². The molecule has 8 heavy (non-hydrogen) atoms. The van der Waals surface area contributed by atoms with Crippen LogP contribution in [0, 0.1) is 0 Å². The fourth-order valence-electron chi connectivity index (χ4n) is 0.352. The molecule has 0 amide bonds. The largest absolute Gasteiger partial charge is 0.0852 e. The summed E-state index contributed by atoms with van der Waals surface area (Å²) >= 11 is 7.48. The van der Waals surface area contributed by atoms with E-state index in [0.29, 0.717) is 0 Å². The predicted molar refractivity (Wildman–Crippen MR) is 64.8 cm³/mol. The Morgan fingerprint density at radius 1 is 1.25 bits per heavy atom. The fraction of sp³-hybridized carbons (Fsp3) is 1.00. The molecular weight excluding hydrogens is 441 g/mol. The smallest absolute Gasteiger partial charge is 0.0317 e. The Morgan fingerprint density at radius 2 is 1.75 bits per heavy atom. The summed E-state index contributed by atoms with van der Waals surface area (Å²) in [7, 11) is 0. The summed E-state index contributed by atoms with van der Waals surface area (Å²) in [5, 5.41) is 0. The van der Waals surface area contributed by atoms with E-state index in [1.54, 1.807) is 0 Å². The molecule has 3 heteroatoms. The van der Waals surface area contributed by atoms with Crippen molar-refractivity contribution in [2.45, 2.75) is 21.2 Å². The van der Waals surface area contributed by atoms with Crippen LogP contribution in [-0.2, 0) is 0 Å².